The Kier molecular flexibility index (Phi) is 4.48. The average Bonchev–Trinajstić information content (AvgIpc) is 2.49. The summed E-state index contributed by atoms with van der Waals surface area (Å²) in [5, 5.41) is 0. The third kappa shape index (κ3) is 3.34. The standard InChI is InChI=1S/C17H18O4/c1-11-5-7-14(8-6-11)21-17(18)13-9-15(19-3)12(2)16(10-13)20-4/h5-10H,1-4H3. The van der Waals surface area contributed by atoms with Crippen LogP contribution >= 0.6 is 0 Å². The SMILES string of the molecule is COc1cc(C(=O)Oc2ccc(C)cc2)cc(OC)c1C. The first kappa shape index (κ1) is 14.9. The molecule has 2 aromatic carbocycles. The minimum Gasteiger partial charge on any atom is -0.496 e. The first-order chi connectivity index (χ1) is 10.0. The summed E-state index contributed by atoms with van der Waals surface area (Å²) in [4.78, 5) is 12.2. The number of hydrogen-bond donors (Lipinski definition) is 0. The van der Waals surface area contributed by atoms with E-state index in [1.807, 2.05) is 26.0 Å². The maximum absolute atomic E-state index is 12.2. The predicted molar refractivity (Wildman–Crippen MR) is 80.4 cm³/mol. The average molecular weight is 286 g/mol. The Bertz CT molecular complexity index is 619. The van der Waals surface area contributed by atoms with Crippen molar-refractivity contribution in [2.24, 2.45) is 0 Å². The van der Waals surface area contributed by atoms with Gasteiger partial charge in [0.15, 0.2) is 0 Å². The molecule has 0 saturated carbocycles. The van der Waals surface area contributed by atoms with Crippen LogP contribution in [0.5, 0.6) is 17.2 Å². The summed E-state index contributed by atoms with van der Waals surface area (Å²) >= 11 is 0. The molecule has 21 heavy (non-hydrogen) atoms. The van der Waals surface area contributed by atoms with Crippen LogP contribution in [0.25, 0.3) is 0 Å². The first-order valence-electron chi connectivity index (χ1n) is 6.56. The van der Waals surface area contributed by atoms with Gasteiger partial charge in [-0.05, 0) is 38.1 Å². The van der Waals surface area contributed by atoms with Crippen LogP contribution in [-0.4, -0.2) is 20.2 Å². The lowest BCUT2D eigenvalue weighted by molar-refractivity contribution is 0.0734. The summed E-state index contributed by atoms with van der Waals surface area (Å²) in [5.41, 5.74) is 2.33. The fourth-order valence-corrected chi connectivity index (χ4v) is 1.98. The van der Waals surface area contributed by atoms with Crippen LogP contribution < -0.4 is 14.2 Å². The first-order valence-corrected chi connectivity index (χ1v) is 6.56. The van der Waals surface area contributed by atoms with Crippen molar-refractivity contribution < 1.29 is 19.0 Å². The lowest BCUT2D eigenvalue weighted by Gasteiger charge is -2.12. The van der Waals surface area contributed by atoms with E-state index < -0.39 is 5.97 Å². The number of benzene rings is 2. The Labute approximate surface area is 124 Å². The van der Waals surface area contributed by atoms with Gasteiger partial charge in [0.25, 0.3) is 0 Å². The van der Waals surface area contributed by atoms with Crippen LogP contribution in [0.1, 0.15) is 21.5 Å². The van der Waals surface area contributed by atoms with Crippen LogP contribution in [0.15, 0.2) is 36.4 Å². The molecule has 0 saturated heterocycles. The van der Waals surface area contributed by atoms with Crippen molar-refractivity contribution in [3.05, 3.63) is 53.1 Å². The molecule has 0 amide bonds. The molecule has 0 spiro atoms. The Hall–Kier alpha value is -2.49. The molecule has 4 nitrogen and oxygen atoms in total. The molecule has 0 heterocycles. The number of esters is 1. The van der Waals surface area contributed by atoms with Gasteiger partial charge in [-0.15, -0.1) is 0 Å². The van der Waals surface area contributed by atoms with Crippen molar-refractivity contribution in [2.45, 2.75) is 13.8 Å². The number of carbonyl (C=O) groups is 1. The molecule has 0 aliphatic heterocycles. The number of rotatable bonds is 4. The lowest BCUT2D eigenvalue weighted by Crippen LogP contribution is -2.09. The normalized spacial score (nSPS) is 10.1. The molecule has 110 valence electrons. The zero-order valence-corrected chi connectivity index (χ0v) is 12.6. The van der Waals surface area contributed by atoms with Gasteiger partial charge in [0.05, 0.1) is 19.8 Å². The monoisotopic (exact) mass is 286 g/mol. The fourth-order valence-electron chi connectivity index (χ4n) is 1.98. The van der Waals surface area contributed by atoms with E-state index >= 15 is 0 Å². The molecule has 0 bridgehead atoms. The second kappa shape index (κ2) is 6.31. The van der Waals surface area contributed by atoms with E-state index in [4.69, 9.17) is 14.2 Å². The van der Waals surface area contributed by atoms with E-state index in [1.54, 1.807) is 38.5 Å². The van der Waals surface area contributed by atoms with Gasteiger partial charge in [0, 0.05) is 5.56 Å². The topological polar surface area (TPSA) is 44.8 Å². The molecule has 0 aliphatic rings. The largest absolute Gasteiger partial charge is 0.496 e. The second-order valence-corrected chi connectivity index (χ2v) is 4.71. The third-order valence-electron chi connectivity index (χ3n) is 3.22. The van der Waals surface area contributed by atoms with E-state index in [0.29, 0.717) is 22.8 Å². The van der Waals surface area contributed by atoms with Crippen LogP contribution in [-0.2, 0) is 0 Å². The van der Waals surface area contributed by atoms with E-state index in [9.17, 15) is 4.79 Å². The molecule has 0 atom stereocenters. The summed E-state index contributed by atoms with van der Waals surface area (Å²) in [6.45, 7) is 3.84. The minimum atomic E-state index is -0.449. The highest BCUT2D eigenvalue weighted by Crippen LogP contribution is 2.30. The molecule has 0 aromatic heterocycles. The number of carbonyl (C=O) groups excluding carboxylic acids is 1. The van der Waals surface area contributed by atoms with Gasteiger partial charge in [-0.2, -0.15) is 0 Å². The maximum Gasteiger partial charge on any atom is 0.343 e. The number of methoxy groups -OCH3 is 2. The smallest absolute Gasteiger partial charge is 0.343 e. The van der Waals surface area contributed by atoms with Crippen molar-refractivity contribution in [1.29, 1.82) is 0 Å². The second-order valence-electron chi connectivity index (χ2n) is 4.71. The highest BCUT2D eigenvalue weighted by atomic mass is 16.5. The zero-order valence-electron chi connectivity index (χ0n) is 12.6. The molecular formula is C17H18O4. The van der Waals surface area contributed by atoms with Crippen LogP contribution in [0.2, 0.25) is 0 Å². The van der Waals surface area contributed by atoms with E-state index in [-0.39, 0.29) is 0 Å². The number of ether oxygens (including phenoxy) is 3. The van der Waals surface area contributed by atoms with E-state index in [2.05, 4.69) is 0 Å². The van der Waals surface area contributed by atoms with Crippen LogP contribution in [0.3, 0.4) is 0 Å². The van der Waals surface area contributed by atoms with Crippen molar-refractivity contribution >= 4 is 5.97 Å². The number of aryl methyl sites for hydroxylation is 1. The third-order valence-corrected chi connectivity index (χ3v) is 3.22. The molecular weight excluding hydrogens is 268 g/mol. The van der Waals surface area contributed by atoms with Crippen molar-refractivity contribution in [2.75, 3.05) is 14.2 Å². The number of hydrogen-bond acceptors (Lipinski definition) is 4. The Morgan fingerprint density at radius 1 is 0.905 bits per heavy atom. The zero-order chi connectivity index (χ0) is 15.4. The van der Waals surface area contributed by atoms with Gasteiger partial charge in [-0.25, -0.2) is 4.79 Å². The van der Waals surface area contributed by atoms with E-state index in [1.165, 1.54) is 0 Å². The predicted octanol–water partition coefficient (Wildman–Crippen LogP) is 3.54. The Morgan fingerprint density at radius 2 is 1.43 bits per heavy atom. The molecule has 0 aliphatic carbocycles. The van der Waals surface area contributed by atoms with Crippen molar-refractivity contribution in [1.82, 2.24) is 0 Å². The molecule has 4 heteroatoms. The maximum atomic E-state index is 12.2. The van der Waals surface area contributed by atoms with Crippen molar-refractivity contribution in [3.8, 4) is 17.2 Å². The van der Waals surface area contributed by atoms with Gasteiger partial charge in [-0.3, -0.25) is 0 Å². The highest BCUT2D eigenvalue weighted by molar-refractivity contribution is 5.92. The van der Waals surface area contributed by atoms with Gasteiger partial charge in [0.1, 0.15) is 17.2 Å². The molecule has 0 unspecified atom stereocenters. The van der Waals surface area contributed by atoms with Crippen LogP contribution in [0, 0.1) is 13.8 Å². The van der Waals surface area contributed by atoms with Gasteiger partial charge < -0.3 is 14.2 Å². The quantitative estimate of drug-likeness (QED) is 0.637. The summed E-state index contributed by atoms with van der Waals surface area (Å²) in [6.07, 6.45) is 0. The molecule has 0 N–H and O–H groups in total. The highest BCUT2D eigenvalue weighted by Gasteiger charge is 2.15. The molecule has 0 fully saturated rings. The van der Waals surface area contributed by atoms with E-state index in [0.717, 1.165) is 11.1 Å². The summed E-state index contributed by atoms with van der Waals surface area (Å²) in [7, 11) is 3.10. The Balaban J connectivity index is 2.28. The van der Waals surface area contributed by atoms with Crippen LogP contribution in [0.4, 0.5) is 0 Å². The molecule has 0 radical (unpaired) electrons. The lowest BCUT2D eigenvalue weighted by atomic mass is 10.1. The fraction of sp³-hybridized carbons (Fsp3) is 0.235. The van der Waals surface area contributed by atoms with Gasteiger partial charge in [0.2, 0.25) is 0 Å². The molecule has 2 aromatic rings. The Morgan fingerprint density at radius 3 is 1.90 bits per heavy atom. The summed E-state index contributed by atoms with van der Waals surface area (Å²) in [5.74, 6) is 1.23. The van der Waals surface area contributed by atoms with Crippen molar-refractivity contribution in [3.63, 3.8) is 0 Å². The summed E-state index contributed by atoms with van der Waals surface area (Å²) in [6, 6.07) is 10.6. The minimum absolute atomic E-state index is 0.384. The van der Waals surface area contributed by atoms with Gasteiger partial charge >= 0.3 is 5.97 Å². The van der Waals surface area contributed by atoms with Gasteiger partial charge in [-0.1, -0.05) is 17.7 Å². The summed E-state index contributed by atoms with van der Waals surface area (Å²) < 4.78 is 15.9. The molecule has 2 rings (SSSR count).